The van der Waals surface area contributed by atoms with Crippen LogP contribution < -0.4 is 5.32 Å². The van der Waals surface area contributed by atoms with Crippen molar-refractivity contribution in [1.29, 1.82) is 0 Å². The SMILES string of the molecule is O=CC[C@@]1(N2CCC(N3CCCCC3)CC2)C[C@H](N2CCc3ccccc3NC2=O)CCN1C(=O)OCc1cc(Cl)cc(Cl)c1. The minimum Gasteiger partial charge on any atom is -0.444 e. The van der Waals surface area contributed by atoms with E-state index in [1.54, 1.807) is 23.1 Å². The van der Waals surface area contributed by atoms with Crippen LogP contribution in [0.3, 0.4) is 0 Å². The molecule has 11 heteroatoms. The maximum absolute atomic E-state index is 13.9. The molecular formula is C34H43Cl2N5O4. The number of halogens is 2. The summed E-state index contributed by atoms with van der Waals surface area (Å²) in [6.45, 7) is 4.79. The number of nitrogens with zero attached hydrogens (tertiary/aromatic N) is 4. The summed E-state index contributed by atoms with van der Waals surface area (Å²) in [5, 5.41) is 4.05. The Morgan fingerprint density at radius 3 is 2.38 bits per heavy atom. The van der Waals surface area contributed by atoms with Gasteiger partial charge in [-0.05, 0) is 87.0 Å². The molecule has 0 radical (unpaired) electrons. The third-order valence-corrected chi connectivity index (χ3v) is 10.6. The molecule has 3 saturated heterocycles. The van der Waals surface area contributed by atoms with E-state index >= 15 is 0 Å². The van der Waals surface area contributed by atoms with E-state index < -0.39 is 11.8 Å². The van der Waals surface area contributed by atoms with Crippen molar-refractivity contribution in [3.8, 4) is 0 Å². The van der Waals surface area contributed by atoms with Crippen LogP contribution >= 0.6 is 23.2 Å². The van der Waals surface area contributed by atoms with Gasteiger partial charge in [-0.2, -0.15) is 0 Å². The zero-order chi connectivity index (χ0) is 31.4. The Morgan fingerprint density at radius 1 is 0.933 bits per heavy atom. The number of piperidine rings is 3. The van der Waals surface area contributed by atoms with Gasteiger partial charge in [0.05, 0.1) is 0 Å². The second-order valence-corrected chi connectivity index (χ2v) is 13.7. The van der Waals surface area contributed by atoms with E-state index in [1.165, 1.54) is 19.3 Å². The number of nitrogens with one attached hydrogen (secondary N) is 1. The molecule has 0 bridgehead atoms. The molecule has 0 saturated carbocycles. The Hall–Kier alpha value is -2.85. The second-order valence-electron chi connectivity index (χ2n) is 12.8. The quantitative estimate of drug-likeness (QED) is 0.347. The van der Waals surface area contributed by atoms with Crippen molar-refractivity contribution >= 4 is 47.3 Å². The van der Waals surface area contributed by atoms with E-state index in [9.17, 15) is 14.4 Å². The third-order valence-electron chi connectivity index (χ3n) is 10.2. The number of anilines is 1. The summed E-state index contributed by atoms with van der Waals surface area (Å²) >= 11 is 12.4. The van der Waals surface area contributed by atoms with Gasteiger partial charge in [0.15, 0.2) is 0 Å². The molecule has 45 heavy (non-hydrogen) atoms. The Labute approximate surface area is 275 Å². The van der Waals surface area contributed by atoms with Crippen LogP contribution in [0.25, 0.3) is 0 Å². The van der Waals surface area contributed by atoms with Crippen LogP contribution in [0.5, 0.6) is 0 Å². The van der Waals surface area contributed by atoms with Crippen molar-refractivity contribution in [2.45, 2.75) is 82.1 Å². The Kier molecular flexibility index (Phi) is 10.2. The number of hydrogen-bond acceptors (Lipinski definition) is 6. The van der Waals surface area contributed by atoms with Crippen LogP contribution in [0.4, 0.5) is 15.3 Å². The number of aldehydes is 1. The molecule has 0 aliphatic carbocycles. The summed E-state index contributed by atoms with van der Waals surface area (Å²) in [6, 6.07) is 13.2. The number of amides is 3. The minimum atomic E-state index is -0.903. The molecule has 4 aliphatic heterocycles. The average Bonchev–Trinajstić information content (AvgIpc) is 3.22. The number of hydrogen-bond donors (Lipinski definition) is 1. The molecule has 0 aromatic heterocycles. The number of likely N-dealkylation sites (tertiary alicyclic amines) is 3. The number of carbonyl (C=O) groups excluding carboxylic acids is 3. The maximum atomic E-state index is 13.9. The molecule has 2 aromatic rings. The van der Waals surface area contributed by atoms with Crippen LogP contribution in [-0.4, -0.2) is 95.0 Å². The van der Waals surface area contributed by atoms with Gasteiger partial charge in [0.2, 0.25) is 0 Å². The predicted octanol–water partition coefficient (Wildman–Crippen LogP) is 6.42. The highest BCUT2D eigenvalue weighted by molar-refractivity contribution is 6.34. The van der Waals surface area contributed by atoms with Crippen molar-refractivity contribution in [1.82, 2.24) is 19.6 Å². The first-order valence-corrected chi connectivity index (χ1v) is 17.1. The lowest BCUT2D eigenvalue weighted by Gasteiger charge is -2.57. The molecule has 2 atom stereocenters. The molecule has 1 N–H and O–H groups in total. The van der Waals surface area contributed by atoms with Gasteiger partial charge >= 0.3 is 12.1 Å². The molecule has 9 nitrogen and oxygen atoms in total. The molecular weight excluding hydrogens is 613 g/mol. The standard InChI is InChI=1S/C34H43Cl2N5O4/c35-27-20-25(21-28(36)22-27)24-45-33(44)41-18-11-30(40-17-8-26-6-2-3-7-31(26)37-32(40)43)23-34(41,12-19-42)39-15-9-29(10-16-39)38-13-4-1-5-14-38/h2-3,6-7,19-22,29-30H,1,4-5,8-18,23-24H2,(H,37,43)/t30-,34+/m1/s1. The summed E-state index contributed by atoms with van der Waals surface area (Å²) in [7, 11) is 0. The van der Waals surface area contributed by atoms with Crippen LogP contribution in [-0.2, 0) is 22.6 Å². The smallest absolute Gasteiger partial charge is 0.411 e. The fourth-order valence-electron chi connectivity index (χ4n) is 7.95. The first-order valence-electron chi connectivity index (χ1n) is 16.3. The Morgan fingerprint density at radius 2 is 1.64 bits per heavy atom. The number of ether oxygens (including phenoxy) is 1. The summed E-state index contributed by atoms with van der Waals surface area (Å²) < 4.78 is 5.88. The van der Waals surface area contributed by atoms with Gasteiger partial charge in [0, 0.05) is 66.8 Å². The van der Waals surface area contributed by atoms with Gasteiger partial charge in [-0.25, -0.2) is 9.59 Å². The number of carbonyl (C=O) groups is 3. The van der Waals surface area contributed by atoms with Gasteiger partial charge in [0.25, 0.3) is 0 Å². The highest BCUT2D eigenvalue weighted by atomic mass is 35.5. The Balaban J connectivity index is 1.24. The zero-order valence-electron chi connectivity index (χ0n) is 25.8. The summed E-state index contributed by atoms with van der Waals surface area (Å²) in [6.07, 6.45) is 8.15. The molecule has 2 aromatic carbocycles. The first kappa shape index (κ1) is 32.1. The average molecular weight is 657 g/mol. The summed E-state index contributed by atoms with van der Waals surface area (Å²) in [5.41, 5.74) is 1.74. The predicted molar refractivity (Wildman–Crippen MR) is 176 cm³/mol. The van der Waals surface area contributed by atoms with E-state index in [-0.39, 0.29) is 25.1 Å². The minimum absolute atomic E-state index is 0.0139. The second kappa shape index (κ2) is 14.3. The van der Waals surface area contributed by atoms with Crippen LogP contribution in [0.15, 0.2) is 42.5 Å². The zero-order valence-corrected chi connectivity index (χ0v) is 27.3. The van der Waals surface area contributed by atoms with E-state index in [2.05, 4.69) is 15.1 Å². The van der Waals surface area contributed by atoms with E-state index in [4.69, 9.17) is 27.9 Å². The van der Waals surface area contributed by atoms with Gasteiger partial charge in [-0.3, -0.25) is 9.80 Å². The van der Waals surface area contributed by atoms with Crippen molar-refractivity contribution in [3.63, 3.8) is 0 Å². The number of benzene rings is 2. The molecule has 4 heterocycles. The highest BCUT2D eigenvalue weighted by Crippen LogP contribution is 2.40. The lowest BCUT2D eigenvalue weighted by Crippen LogP contribution is -2.70. The van der Waals surface area contributed by atoms with Crippen LogP contribution in [0.2, 0.25) is 10.0 Å². The number of para-hydroxylation sites is 1. The van der Waals surface area contributed by atoms with Gasteiger partial charge in [-0.1, -0.05) is 47.8 Å². The largest absolute Gasteiger partial charge is 0.444 e. The normalized spacial score (nSPS) is 25.3. The van der Waals surface area contributed by atoms with Crippen molar-refractivity contribution in [2.24, 2.45) is 0 Å². The van der Waals surface area contributed by atoms with Crippen LogP contribution in [0.1, 0.15) is 62.5 Å². The number of urea groups is 1. The molecule has 242 valence electrons. The van der Waals surface area contributed by atoms with Gasteiger partial charge < -0.3 is 24.6 Å². The van der Waals surface area contributed by atoms with E-state index in [0.717, 1.165) is 63.0 Å². The fourth-order valence-corrected chi connectivity index (χ4v) is 8.52. The lowest BCUT2D eigenvalue weighted by atomic mass is 9.84. The van der Waals surface area contributed by atoms with E-state index in [0.29, 0.717) is 47.6 Å². The number of fused-ring (bicyclic) bond motifs is 1. The lowest BCUT2D eigenvalue weighted by molar-refractivity contribution is -0.128. The highest BCUT2D eigenvalue weighted by Gasteiger charge is 2.52. The molecule has 0 spiro atoms. The summed E-state index contributed by atoms with van der Waals surface area (Å²) in [5.74, 6) is 0. The van der Waals surface area contributed by atoms with Crippen molar-refractivity contribution in [3.05, 3.63) is 63.6 Å². The third kappa shape index (κ3) is 7.12. The monoisotopic (exact) mass is 655 g/mol. The molecule has 3 amide bonds. The number of rotatable bonds is 7. The molecule has 0 unspecified atom stereocenters. The van der Waals surface area contributed by atoms with Gasteiger partial charge in [-0.15, -0.1) is 0 Å². The fraction of sp³-hybridized carbons (Fsp3) is 0.559. The van der Waals surface area contributed by atoms with Gasteiger partial charge in [0.1, 0.15) is 18.6 Å². The Bertz CT molecular complexity index is 1360. The maximum Gasteiger partial charge on any atom is 0.411 e. The molecule has 6 rings (SSSR count). The topological polar surface area (TPSA) is 85.4 Å². The molecule has 4 aliphatic rings. The van der Waals surface area contributed by atoms with Crippen molar-refractivity contribution < 1.29 is 19.1 Å². The van der Waals surface area contributed by atoms with Crippen LogP contribution in [0, 0.1) is 0 Å². The first-order chi connectivity index (χ1) is 21.9. The van der Waals surface area contributed by atoms with E-state index in [1.807, 2.05) is 29.2 Å². The summed E-state index contributed by atoms with van der Waals surface area (Å²) in [4.78, 5) is 48.6. The van der Waals surface area contributed by atoms with Crippen molar-refractivity contribution in [2.75, 3.05) is 44.6 Å². The molecule has 3 fully saturated rings.